The van der Waals surface area contributed by atoms with Crippen LogP contribution in [0.3, 0.4) is 0 Å². The Bertz CT molecular complexity index is 1120. The van der Waals surface area contributed by atoms with Crippen LogP contribution in [0.25, 0.3) is 17.2 Å². The molecular weight excluding hydrogens is 406 g/mol. The van der Waals surface area contributed by atoms with Crippen molar-refractivity contribution in [1.29, 1.82) is 0 Å². The Labute approximate surface area is 186 Å². The molecule has 0 aromatic carbocycles. The van der Waals surface area contributed by atoms with E-state index in [2.05, 4.69) is 32.4 Å². The zero-order chi connectivity index (χ0) is 21.8. The predicted molar refractivity (Wildman–Crippen MR) is 121 cm³/mol. The number of hydrogen-bond donors (Lipinski definition) is 1. The lowest BCUT2D eigenvalue weighted by atomic mass is 10.0. The van der Waals surface area contributed by atoms with E-state index in [1.54, 1.807) is 13.3 Å². The number of fused-ring (bicyclic) bond motifs is 2. The molecule has 164 valence electrons. The number of rotatable bonds is 7. The summed E-state index contributed by atoms with van der Waals surface area (Å²) in [6.07, 6.45) is 10.4. The Morgan fingerprint density at radius 3 is 2.75 bits per heavy atom. The molecule has 0 atom stereocenters. The second-order valence-electron chi connectivity index (χ2n) is 7.52. The Hall–Kier alpha value is -3.49. The van der Waals surface area contributed by atoms with Gasteiger partial charge in [0, 0.05) is 54.8 Å². The Kier molecular flexibility index (Phi) is 5.96. The molecule has 0 bridgehead atoms. The molecule has 8 nitrogen and oxygen atoms in total. The number of hydroxylamine groups is 1. The second kappa shape index (κ2) is 9.33. The molecule has 5 heterocycles. The third-order valence-corrected chi connectivity index (χ3v) is 5.46. The standard InChI is InChI=1S/C24H25N5O3/c1-30-29-10-2-3-21-24(29)20(7-9-26-21)17-4-5-18(27-14-17)6-8-25-15-19-13-22-23(16-28-19)32-12-11-31-22/h2-5,7,9,13-14,16,25H,6,8,10-12,15H2,1H3. The molecule has 3 aromatic rings. The molecule has 0 radical (unpaired) electrons. The van der Waals surface area contributed by atoms with Crippen LogP contribution in [0.15, 0.2) is 48.9 Å². The normalized spacial score (nSPS) is 14.3. The van der Waals surface area contributed by atoms with Crippen LogP contribution in [0.2, 0.25) is 0 Å². The minimum Gasteiger partial charge on any atom is -0.486 e. The number of ether oxygens (including phenoxy) is 2. The SMILES string of the molecule is CON1CC=Cc2nccc(-c3ccc(CCNCc4cc5c(cn4)OCCO5)nc3)c21. The van der Waals surface area contributed by atoms with Crippen LogP contribution in [0.4, 0.5) is 5.69 Å². The average molecular weight is 431 g/mol. The summed E-state index contributed by atoms with van der Waals surface area (Å²) >= 11 is 0. The lowest BCUT2D eigenvalue weighted by Crippen LogP contribution is -2.25. The number of anilines is 1. The maximum Gasteiger partial charge on any atom is 0.179 e. The second-order valence-corrected chi connectivity index (χ2v) is 7.52. The maximum absolute atomic E-state index is 5.61. The average Bonchev–Trinajstić information content (AvgIpc) is 2.86. The third kappa shape index (κ3) is 4.28. The van der Waals surface area contributed by atoms with Crippen molar-refractivity contribution in [2.24, 2.45) is 0 Å². The highest BCUT2D eigenvalue weighted by atomic mass is 16.7. The first-order valence-corrected chi connectivity index (χ1v) is 10.7. The highest BCUT2D eigenvalue weighted by molar-refractivity contribution is 5.84. The van der Waals surface area contributed by atoms with Crippen LogP contribution in [0.5, 0.6) is 11.5 Å². The van der Waals surface area contributed by atoms with Crippen LogP contribution >= 0.6 is 0 Å². The third-order valence-electron chi connectivity index (χ3n) is 5.46. The summed E-state index contributed by atoms with van der Waals surface area (Å²) in [6.45, 7) is 3.31. The van der Waals surface area contributed by atoms with E-state index in [9.17, 15) is 0 Å². The molecule has 32 heavy (non-hydrogen) atoms. The van der Waals surface area contributed by atoms with Crippen LogP contribution in [-0.2, 0) is 17.8 Å². The van der Waals surface area contributed by atoms with Crippen LogP contribution in [-0.4, -0.2) is 48.4 Å². The molecule has 0 aliphatic carbocycles. The molecule has 0 saturated carbocycles. The summed E-state index contributed by atoms with van der Waals surface area (Å²) in [6, 6.07) is 8.11. The summed E-state index contributed by atoms with van der Waals surface area (Å²) in [4.78, 5) is 19.1. The van der Waals surface area contributed by atoms with Gasteiger partial charge in [0.25, 0.3) is 0 Å². The lowest BCUT2D eigenvalue weighted by molar-refractivity contribution is 0.170. The van der Waals surface area contributed by atoms with Crippen molar-refractivity contribution in [2.45, 2.75) is 13.0 Å². The highest BCUT2D eigenvalue weighted by Crippen LogP contribution is 2.35. The first-order chi connectivity index (χ1) is 15.8. The zero-order valence-corrected chi connectivity index (χ0v) is 18.0. The van der Waals surface area contributed by atoms with Gasteiger partial charge in [-0.05, 0) is 18.2 Å². The molecule has 3 aromatic heterocycles. The van der Waals surface area contributed by atoms with Crippen molar-refractivity contribution >= 4 is 11.8 Å². The molecule has 0 fully saturated rings. The van der Waals surface area contributed by atoms with Gasteiger partial charge < -0.3 is 14.8 Å². The van der Waals surface area contributed by atoms with E-state index in [4.69, 9.17) is 14.3 Å². The van der Waals surface area contributed by atoms with Crippen molar-refractivity contribution in [3.8, 4) is 22.6 Å². The van der Waals surface area contributed by atoms with Crippen molar-refractivity contribution in [3.05, 3.63) is 66.0 Å². The number of hydrogen-bond acceptors (Lipinski definition) is 8. The largest absolute Gasteiger partial charge is 0.486 e. The molecule has 0 amide bonds. The van der Waals surface area contributed by atoms with E-state index >= 15 is 0 Å². The van der Waals surface area contributed by atoms with Crippen LogP contribution < -0.4 is 19.9 Å². The zero-order valence-electron chi connectivity index (χ0n) is 18.0. The molecule has 5 rings (SSSR count). The topological polar surface area (TPSA) is 81.6 Å². The lowest BCUT2D eigenvalue weighted by Gasteiger charge is -2.27. The summed E-state index contributed by atoms with van der Waals surface area (Å²) in [7, 11) is 1.68. The predicted octanol–water partition coefficient (Wildman–Crippen LogP) is 3.04. The van der Waals surface area contributed by atoms with Gasteiger partial charge in [-0.2, -0.15) is 0 Å². The molecule has 0 spiro atoms. The number of nitrogens with one attached hydrogen (secondary N) is 1. The fourth-order valence-electron chi connectivity index (χ4n) is 3.85. The van der Waals surface area contributed by atoms with E-state index in [1.807, 2.05) is 41.7 Å². The summed E-state index contributed by atoms with van der Waals surface area (Å²) in [5.41, 5.74) is 5.93. The molecule has 0 saturated heterocycles. The van der Waals surface area contributed by atoms with Gasteiger partial charge >= 0.3 is 0 Å². The van der Waals surface area contributed by atoms with E-state index in [1.165, 1.54) is 0 Å². The first-order valence-electron chi connectivity index (χ1n) is 10.7. The Balaban J connectivity index is 1.20. The van der Waals surface area contributed by atoms with Crippen molar-refractivity contribution in [3.63, 3.8) is 0 Å². The molecular formula is C24H25N5O3. The van der Waals surface area contributed by atoms with Crippen molar-refractivity contribution in [2.75, 3.05) is 38.5 Å². The monoisotopic (exact) mass is 431 g/mol. The van der Waals surface area contributed by atoms with E-state index < -0.39 is 0 Å². The van der Waals surface area contributed by atoms with Gasteiger partial charge in [-0.3, -0.25) is 19.8 Å². The Morgan fingerprint density at radius 2 is 1.91 bits per heavy atom. The fraction of sp³-hybridized carbons (Fsp3) is 0.292. The summed E-state index contributed by atoms with van der Waals surface area (Å²) < 4.78 is 11.1. The Morgan fingerprint density at radius 1 is 1.03 bits per heavy atom. The van der Waals surface area contributed by atoms with E-state index in [0.29, 0.717) is 32.1 Å². The highest BCUT2D eigenvalue weighted by Gasteiger charge is 2.19. The van der Waals surface area contributed by atoms with Crippen molar-refractivity contribution < 1.29 is 14.3 Å². The number of pyridine rings is 3. The smallest absolute Gasteiger partial charge is 0.179 e. The van der Waals surface area contributed by atoms with Crippen molar-refractivity contribution in [1.82, 2.24) is 20.3 Å². The summed E-state index contributed by atoms with van der Waals surface area (Å²) in [5.74, 6) is 1.48. The summed E-state index contributed by atoms with van der Waals surface area (Å²) in [5, 5.41) is 5.27. The molecule has 2 aliphatic rings. The minimum absolute atomic E-state index is 0.573. The van der Waals surface area contributed by atoms with Gasteiger partial charge in [-0.1, -0.05) is 12.1 Å². The molecule has 1 N–H and O–H groups in total. The van der Waals surface area contributed by atoms with Crippen LogP contribution in [0, 0.1) is 0 Å². The van der Waals surface area contributed by atoms with Gasteiger partial charge in [0.15, 0.2) is 11.5 Å². The van der Waals surface area contributed by atoms with Crippen LogP contribution in [0.1, 0.15) is 17.1 Å². The van der Waals surface area contributed by atoms with Gasteiger partial charge in [-0.15, -0.1) is 0 Å². The molecule has 8 heteroatoms. The van der Waals surface area contributed by atoms with Gasteiger partial charge in [0.1, 0.15) is 13.2 Å². The maximum atomic E-state index is 5.61. The van der Waals surface area contributed by atoms with Gasteiger partial charge in [0.2, 0.25) is 0 Å². The van der Waals surface area contributed by atoms with Gasteiger partial charge in [0.05, 0.1) is 36.9 Å². The van der Waals surface area contributed by atoms with E-state index in [0.717, 1.165) is 52.6 Å². The number of nitrogens with zero attached hydrogens (tertiary/aromatic N) is 4. The number of aromatic nitrogens is 3. The molecule has 0 unspecified atom stereocenters. The first kappa shape index (κ1) is 20.4. The van der Waals surface area contributed by atoms with Gasteiger partial charge in [-0.25, -0.2) is 5.06 Å². The molecule has 2 aliphatic heterocycles. The van der Waals surface area contributed by atoms with E-state index in [-0.39, 0.29) is 0 Å². The quantitative estimate of drug-likeness (QED) is 0.572. The minimum atomic E-state index is 0.573. The fourth-order valence-corrected chi connectivity index (χ4v) is 3.85.